The van der Waals surface area contributed by atoms with Crippen LogP contribution in [0.5, 0.6) is 0 Å². The van der Waals surface area contributed by atoms with E-state index in [1.165, 1.54) is 49.8 Å². The number of benzene rings is 8. The molecule has 0 bridgehead atoms. The van der Waals surface area contributed by atoms with Gasteiger partial charge in [0.15, 0.2) is 22.3 Å². The lowest BCUT2D eigenvalue weighted by Gasteiger charge is -2.23. The Kier molecular flexibility index (Phi) is 7.89. The molecule has 328 valence electrons. The number of hydrogen-bond donors (Lipinski definition) is 0. The quantitative estimate of drug-likeness (QED) is 0.166. The second-order valence-corrected chi connectivity index (χ2v) is 20.7. The van der Waals surface area contributed by atoms with Crippen LogP contribution in [-0.4, -0.2) is 9.55 Å². The van der Waals surface area contributed by atoms with Crippen molar-refractivity contribution < 1.29 is 18.0 Å². The van der Waals surface area contributed by atoms with E-state index in [-0.39, 0.29) is 17.3 Å². The van der Waals surface area contributed by atoms with Crippen molar-refractivity contribution in [3.8, 4) is 39.6 Å². The molecule has 6 heteroatoms. The van der Waals surface area contributed by atoms with Crippen molar-refractivity contribution in [1.29, 1.82) is 0 Å². The number of nitrogens with zero attached hydrogens (tertiary/aromatic N) is 4. The summed E-state index contributed by atoms with van der Waals surface area (Å²) in [4.78, 5) is 5.59. The van der Waals surface area contributed by atoms with Crippen molar-refractivity contribution in [2.45, 2.75) is 71.4 Å². The van der Waals surface area contributed by atoms with Gasteiger partial charge in [-0.05, 0) is 106 Å². The van der Waals surface area contributed by atoms with Crippen LogP contribution in [0.15, 0.2) is 173 Å². The smallest absolute Gasteiger partial charge is 0.335 e. The highest BCUT2D eigenvalue weighted by atomic mass is 16.3. The van der Waals surface area contributed by atoms with Crippen molar-refractivity contribution in [2.75, 3.05) is 0 Å². The van der Waals surface area contributed by atoms with E-state index in [0.717, 1.165) is 83.4 Å². The van der Waals surface area contributed by atoms with Gasteiger partial charge in [0, 0.05) is 49.5 Å². The Morgan fingerprint density at radius 1 is 0.574 bits per heavy atom. The fourth-order valence-electron chi connectivity index (χ4n) is 12.0. The molecule has 0 fully saturated rings. The highest BCUT2D eigenvalue weighted by Crippen LogP contribution is 2.54. The summed E-state index contributed by atoms with van der Waals surface area (Å²) in [6.07, 6.45) is 2.30. The zero-order valence-corrected chi connectivity index (χ0v) is 39.3. The maximum Gasteiger partial charge on any atom is 0.335 e. The molecule has 6 nitrogen and oxygen atoms in total. The molecule has 2 aliphatic heterocycles. The van der Waals surface area contributed by atoms with Crippen LogP contribution in [0.2, 0.25) is 0 Å². The number of rotatable bonds is 4. The van der Waals surface area contributed by atoms with Gasteiger partial charge in [0.25, 0.3) is 0 Å². The maximum absolute atomic E-state index is 7.43. The highest BCUT2D eigenvalue weighted by Gasteiger charge is 2.65. The maximum atomic E-state index is 7.43. The third-order valence-corrected chi connectivity index (χ3v) is 15.1. The monoisotopic (exact) mass is 882 g/mol. The van der Waals surface area contributed by atoms with Crippen LogP contribution in [0.4, 0.5) is 0 Å². The molecule has 1 spiro atoms. The molecular formula is C62H50N4O2+2. The van der Waals surface area contributed by atoms with Gasteiger partial charge >= 0.3 is 17.3 Å². The van der Waals surface area contributed by atoms with E-state index in [1.807, 2.05) is 12.1 Å². The van der Waals surface area contributed by atoms with E-state index in [0.29, 0.717) is 0 Å². The van der Waals surface area contributed by atoms with E-state index >= 15 is 0 Å². The van der Waals surface area contributed by atoms with Gasteiger partial charge in [0.1, 0.15) is 34.2 Å². The Balaban J connectivity index is 1.22. The molecule has 8 aromatic carbocycles. The summed E-state index contributed by atoms with van der Waals surface area (Å²) in [5.74, 6) is 2.43. The van der Waals surface area contributed by atoms with Crippen LogP contribution in [0, 0.1) is 0 Å². The number of imidazole rings is 1. The minimum absolute atomic E-state index is 0.154. The average Bonchev–Trinajstić information content (AvgIpc) is 4.14. The number of hydrogen-bond acceptors (Lipinski definition) is 3. The summed E-state index contributed by atoms with van der Waals surface area (Å²) in [5.41, 5.74) is 16.6. The van der Waals surface area contributed by atoms with Crippen LogP contribution in [0.1, 0.15) is 88.2 Å². The Bertz CT molecular complexity index is 4110. The van der Waals surface area contributed by atoms with E-state index in [4.69, 9.17) is 13.8 Å². The number of furan rings is 2. The van der Waals surface area contributed by atoms with Crippen molar-refractivity contribution >= 4 is 65.7 Å². The fraction of sp³-hybridized carbons (Fsp3) is 0.177. The minimum Gasteiger partial charge on any atom is -0.456 e. The van der Waals surface area contributed by atoms with Crippen LogP contribution in [0.3, 0.4) is 0 Å². The van der Waals surface area contributed by atoms with Gasteiger partial charge < -0.3 is 8.83 Å². The molecule has 0 amide bonds. The molecular weight excluding hydrogens is 833 g/mol. The Morgan fingerprint density at radius 2 is 1.25 bits per heavy atom. The summed E-state index contributed by atoms with van der Waals surface area (Å²) in [7, 11) is 0. The van der Waals surface area contributed by atoms with Crippen LogP contribution in [0.25, 0.3) is 105 Å². The third kappa shape index (κ3) is 5.04. The molecule has 4 aromatic heterocycles. The first kappa shape index (κ1) is 39.3. The van der Waals surface area contributed by atoms with Crippen molar-refractivity contribution in [1.82, 2.24) is 9.55 Å². The molecule has 1 unspecified atom stereocenters. The molecule has 0 saturated heterocycles. The summed E-state index contributed by atoms with van der Waals surface area (Å²) in [6, 6.07) is 57.8. The van der Waals surface area contributed by atoms with E-state index in [2.05, 4.69) is 214 Å². The lowest BCUT2D eigenvalue weighted by atomic mass is 9.87. The predicted molar refractivity (Wildman–Crippen MR) is 275 cm³/mol. The van der Waals surface area contributed by atoms with Gasteiger partial charge in [0.2, 0.25) is 0 Å². The molecule has 12 aromatic rings. The molecule has 0 saturated carbocycles. The third-order valence-electron chi connectivity index (χ3n) is 15.1. The molecule has 0 radical (unpaired) electrons. The van der Waals surface area contributed by atoms with Crippen molar-refractivity contribution in [3.63, 3.8) is 0 Å². The van der Waals surface area contributed by atoms with Crippen LogP contribution in [-0.2, 0) is 11.1 Å². The second kappa shape index (κ2) is 13.6. The lowest BCUT2D eigenvalue weighted by molar-refractivity contribution is -0.945. The SMILES string of the molecule is CC(C)c1cc(-c2ccccc2)cc(C(C)C)c1-n1c2[n+](c3ccc4ccccc4c31)C1(c3ccccc3-c3nc(C(C)(C)C)cc[n+]31)c1ccc3c(oc4cc5c(cc43)oc3ccccc35)c1-2. The Hall–Kier alpha value is -7.83. The predicted octanol–water partition coefficient (Wildman–Crippen LogP) is 15.0. The van der Waals surface area contributed by atoms with Crippen molar-refractivity contribution in [2.24, 2.45) is 0 Å². The molecule has 1 atom stereocenters. The van der Waals surface area contributed by atoms with E-state index < -0.39 is 5.66 Å². The van der Waals surface area contributed by atoms with Gasteiger partial charge in [-0.15, -0.1) is 0 Å². The highest BCUT2D eigenvalue weighted by molar-refractivity contribution is 6.17. The normalized spacial score (nSPS) is 15.3. The summed E-state index contributed by atoms with van der Waals surface area (Å²) in [5, 5.41) is 6.60. The first-order valence-corrected chi connectivity index (χ1v) is 24.1. The minimum atomic E-state index is -0.872. The Morgan fingerprint density at radius 3 is 2.01 bits per heavy atom. The van der Waals surface area contributed by atoms with Gasteiger partial charge in [-0.25, -0.2) is 0 Å². The number of para-hydroxylation sites is 1. The molecule has 14 rings (SSSR count). The fourth-order valence-corrected chi connectivity index (χ4v) is 12.0. The van der Waals surface area contributed by atoms with E-state index in [9.17, 15) is 0 Å². The summed E-state index contributed by atoms with van der Waals surface area (Å²) >= 11 is 0. The van der Waals surface area contributed by atoms with Gasteiger partial charge in [-0.3, -0.25) is 0 Å². The molecule has 0 N–H and O–H groups in total. The van der Waals surface area contributed by atoms with Gasteiger partial charge in [-0.2, -0.15) is 13.7 Å². The Labute approximate surface area is 394 Å². The first-order chi connectivity index (χ1) is 33.0. The number of fused-ring (bicyclic) bond motifs is 21. The van der Waals surface area contributed by atoms with Crippen molar-refractivity contribution in [3.05, 3.63) is 192 Å². The molecule has 6 heterocycles. The molecule has 2 aliphatic rings. The summed E-state index contributed by atoms with van der Waals surface area (Å²) < 4.78 is 21.7. The van der Waals surface area contributed by atoms with Gasteiger partial charge in [-0.1, -0.05) is 127 Å². The zero-order valence-electron chi connectivity index (χ0n) is 39.3. The number of aromatic nitrogens is 4. The summed E-state index contributed by atoms with van der Waals surface area (Å²) in [6.45, 7) is 16.1. The lowest BCUT2D eigenvalue weighted by Crippen LogP contribution is -2.71. The zero-order chi connectivity index (χ0) is 46.0. The van der Waals surface area contributed by atoms with E-state index in [1.54, 1.807) is 0 Å². The van der Waals surface area contributed by atoms with Gasteiger partial charge in [0.05, 0.1) is 16.7 Å². The van der Waals surface area contributed by atoms with Crippen LogP contribution < -0.4 is 9.13 Å². The largest absolute Gasteiger partial charge is 0.456 e. The van der Waals surface area contributed by atoms with Crippen LogP contribution >= 0.6 is 0 Å². The topological polar surface area (TPSA) is 51.9 Å². The first-order valence-electron chi connectivity index (χ1n) is 24.1. The average molecular weight is 883 g/mol. The second-order valence-electron chi connectivity index (χ2n) is 20.7. The molecule has 0 aliphatic carbocycles. The standard InChI is InChI=1S/C62H50N4O2/c1-35(2)44-31-39(37-17-9-8-10-18-37)32-45(36(3)4)56(44)65-57-40-20-12-11-19-38(40)25-28-50(57)66-60(65)55-49(62(66)48-23-15-13-22-43(48)59-63-54(61(5,6)7)29-30-64(59)62)27-26-42-47-34-52-46(33-53(47)68-58(42)55)41-21-14-16-24-51(41)67-52/h8-36H,1-7H3/q+2. The molecule has 68 heavy (non-hydrogen) atoms.